The summed E-state index contributed by atoms with van der Waals surface area (Å²) in [5.74, 6) is 3.03. The number of carbonyl (C=O) groups is 1. The smallest absolute Gasteiger partial charge is 0.322 e. The molecule has 1 saturated heterocycles. The molecule has 2 aromatic heterocycles. The van der Waals surface area contributed by atoms with Gasteiger partial charge in [0, 0.05) is 31.7 Å². The minimum atomic E-state index is -0.111. The molecule has 2 amide bonds. The molecule has 1 atom stereocenters. The third kappa shape index (κ3) is 3.64. The van der Waals surface area contributed by atoms with Gasteiger partial charge in [-0.25, -0.2) is 9.78 Å². The molecule has 1 N–H and O–H groups in total. The van der Waals surface area contributed by atoms with Gasteiger partial charge < -0.3 is 19.9 Å². The normalized spacial score (nSPS) is 18.7. The predicted octanol–water partition coefficient (Wildman–Crippen LogP) is 2.61. The van der Waals surface area contributed by atoms with Gasteiger partial charge >= 0.3 is 6.03 Å². The van der Waals surface area contributed by atoms with Gasteiger partial charge in [-0.05, 0) is 37.3 Å². The van der Waals surface area contributed by atoms with Crippen LogP contribution < -0.4 is 15.0 Å². The van der Waals surface area contributed by atoms with E-state index in [1.54, 1.807) is 13.4 Å². The Morgan fingerprint density at radius 2 is 2.00 bits per heavy atom. The Kier molecular flexibility index (Phi) is 5.09. The van der Waals surface area contributed by atoms with Gasteiger partial charge in [0.1, 0.15) is 17.9 Å². The summed E-state index contributed by atoms with van der Waals surface area (Å²) in [6.45, 7) is 5.01. The molecule has 9 nitrogen and oxygen atoms in total. The first-order valence-corrected chi connectivity index (χ1v) is 10.8. The molecule has 0 radical (unpaired) electrons. The molecule has 162 valence electrons. The Hall–Kier alpha value is -3.36. The molecule has 1 aliphatic carbocycles. The molecule has 1 aromatic carbocycles. The number of aromatic nitrogens is 4. The number of benzene rings is 1. The molecule has 0 saturated carbocycles. The first kappa shape index (κ1) is 19.6. The van der Waals surface area contributed by atoms with Crippen LogP contribution in [-0.2, 0) is 12.8 Å². The number of nitrogens with one attached hydrogen (secondary N) is 1. The third-order valence-corrected chi connectivity index (χ3v) is 6.23. The lowest BCUT2D eigenvalue weighted by molar-refractivity contribution is 0.208. The lowest BCUT2D eigenvalue weighted by Crippen LogP contribution is -2.51. The van der Waals surface area contributed by atoms with Crippen molar-refractivity contribution >= 4 is 23.3 Å². The number of ether oxygens (including phenoxy) is 1. The Morgan fingerprint density at radius 3 is 2.81 bits per heavy atom. The molecule has 3 heterocycles. The Labute approximate surface area is 181 Å². The number of amides is 2. The van der Waals surface area contributed by atoms with E-state index >= 15 is 0 Å². The van der Waals surface area contributed by atoms with Gasteiger partial charge in [-0.2, -0.15) is 14.6 Å². The van der Waals surface area contributed by atoms with Crippen molar-refractivity contribution in [3.05, 3.63) is 41.9 Å². The number of rotatable bonds is 3. The van der Waals surface area contributed by atoms with Gasteiger partial charge in [-0.15, -0.1) is 0 Å². The first-order chi connectivity index (χ1) is 15.1. The van der Waals surface area contributed by atoms with Crippen LogP contribution in [0.3, 0.4) is 0 Å². The predicted molar refractivity (Wildman–Crippen MR) is 118 cm³/mol. The summed E-state index contributed by atoms with van der Waals surface area (Å²) < 4.78 is 7.20. The maximum Gasteiger partial charge on any atom is 0.322 e. The fourth-order valence-electron chi connectivity index (χ4n) is 4.54. The number of fused-ring (bicyclic) bond motifs is 2. The SMILES string of the molecule is COc1ccccc1NC(=O)N1CCN(c2c3c(nc4ncnn24)CC(C)CC3)CC1. The van der Waals surface area contributed by atoms with E-state index in [1.165, 1.54) is 5.56 Å². The Bertz CT molecular complexity index is 1100. The summed E-state index contributed by atoms with van der Waals surface area (Å²) in [6, 6.07) is 7.34. The molecule has 1 aliphatic heterocycles. The highest BCUT2D eigenvalue weighted by Gasteiger charge is 2.29. The second kappa shape index (κ2) is 8.05. The van der Waals surface area contributed by atoms with Crippen molar-refractivity contribution in [2.75, 3.05) is 43.5 Å². The number of anilines is 2. The second-order valence-corrected chi connectivity index (χ2v) is 8.29. The second-order valence-electron chi connectivity index (χ2n) is 8.29. The first-order valence-electron chi connectivity index (χ1n) is 10.8. The third-order valence-electron chi connectivity index (χ3n) is 6.23. The molecular weight excluding hydrogens is 394 g/mol. The van der Waals surface area contributed by atoms with Crippen LogP contribution in [0.2, 0.25) is 0 Å². The molecule has 0 spiro atoms. The standard InChI is InChI=1S/C22H27N7O2/c1-15-7-8-16-18(13-15)25-21-23-14-24-29(21)20(16)27-9-11-28(12-10-27)22(30)26-17-5-3-4-6-19(17)31-2/h3-6,14-15H,7-13H2,1-2H3,(H,26,30). The van der Waals surface area contributed by atoms with Crippen molar-refractivity contribution in [3.63, 3.8) is 0 Å². The van der Waals surface area contributed by atoms with E-state index in [0.29, 0.717) is 36.2 Å². The molecule has 9 heteroatoms. The number of methoxy groups -OCH3 is 1. The number of hydrogen-bond acceptors (Lipinski definition) is 6. The average Bonchev–Trinajstić information content (AvgIpc) is 3.26. The lowest BCUT2D eigenvalue weighted by Gasteiger charge is -2.37. The minimum absolute atomic E-state index is 0.111. The largest absolute Gasteiger partial charge is 0.495 e. The van der Waals surface area contributed by atoms with Crippen molar-refractivity contribution in [1.82, 2.24) is 24.5 Å². The van der Waals surface area contributed by atoms with Crippen LogP contribution in [0.5, 0.6) is 5.75 Å². The molecule has 0 bridgehead atoms. The van der Waals surface area contributed by atoms with Crippen LogP contribution in [0.1, 0.15) is 24.6 Å². The zero-order valence-corrected chi connectivity index (χ0v) is 17.9. The number of urea groups is 1. The van der Waals surface area contributed by atoms with Gasteiger partial charge in [0.15, 0.2) is 0 Å². The highest BCUT2D eigenvalue weighted by atomic mass is 16.5. The van der Waals surface area contributed by atoms with Crippen LogP contribution >= 0.6 is 0 Å². The topological polar surface area (TPSA) is 87.9 Å². The summed E-state index contributed by atoms with van der Waals surface area (Å²) in [6.07, 6.45) is 4.71. The lowest BCUT2D eigenvalue weighted by atomic mass is 9.88. The average molecular weight is 422 g/mol. The van der Waals surface area contributed by atoms with E-state index in [0.717, 1.165) is 43.9 Å². The van der Waals surface area contributed by atoms with Crippen LogP contribution in [0.15, 0.2) is 30.6 Å². The van der Waals surface area contributed by atoms with Crippen molar-refractivity contribution in [2.24, 2.45) is 5.92 Å². The van der Waals surface area contributed by atoms with Gasteiger partial charge in [0.2, 0.25) is 0 Å². The number of nitrogens with zero attached hydrogens (tertiary/aromatic N) is 6. The molecule has 1 unspecified atom stereocenters. The van der Waals surface area contributed by atoms with Crippen LogP contribution in [0.25, 0.3) is 5.78 Å². The molecule has 3 aromatic rings. The van der Waals surface area contributed by atoms with Gasteiger partial charge in [-0.3, -0.25) is 0 Å². The number of para-hydroxylation sites is 2. The van der Waals surface area contributed by atoms with E-state index in [1.807, 2.05) is 33.7 Å². The maximum absolute atomic E-state index is 12.8. The maximum atomic E-state index is 12.8. The summed E-state index contributed by atoms with van der Waals surface area (Å²) in [5, 5.41) is 7.42. The minimum Gasteiger partial charge on any atom is -0.495 e. The summed E-state index contributed by atoms with van der Waals surface area (Å²) in [5.41, 5.74) is 3.10. The number of hydrogen-bond donors (Lipinski definition) is 1. The van der Waals surface area contributed by atoms with Crippen molar-refractivity contribution in [2.45, 2.75) is 26.2 Å². The van der Waals surface area contributed by atoms with E-state index < -0.39 is 0 Å². The van der Waals surface area contributed by atoms with Gasteiger partial charge in [0.05, 0.1) is 18.5 Å². The van der Waals surface area contributed by atoms with Gasteiger partial charge in [-0.1, -0.05) is 19.1 Å². The van der Waals surface area contributed by atoms with E-state index in [9.17, 15) is 4.79 Å². The summed E-state index contributed by atoms with van der Waals surface area (Å²) >= 11 is 0. The number of piperazine rings is 1. The summed E-state index contributed by atoms with van der Waals surface area (Å²) in [4.78, 5) is 26.1. The molecule has 1 fully saturated rings. The summed E-state index contributed by atoms with van der Waals surface area (Å²) in [7, 11) is 1.60. The Balaban J connectivity index is 1.34. The van der Waals surface area contributed by atoms with Crippen LogP contribution in [0.4, 0.5) is 16.3 Å². The van der Waals surface area contributed by atoms with Crippen molar-refractivity contribution < 1.29 is 9.53 Å². The fourth-order valence-corrected chi connectivity index (χ4v) is 4.54. The zero-order chi connectivity index (χ0) is 21.4. The zero-order valence-electron chi connectivity index (χ0n) is 17.9. The molecule has 31 heavy (non-hydrogen) atoms. The van der Waals surface area contributed by atoms with Crippen LogP contribution in [0, 0.1) is 5.92 Å². The molecular formula is C22H27N7O2. The van der Waals surface area contributed by atoms with E-state index in [2.05, 4.69) is 27.2 Å². The van der Waals surface area contributed by atoms with Crippen molar-refractivity contribution in [3.8, 4) is 5.75 Å². The highest BCUT2D eigenvalue weighted by molar-refractivity contribution is 5.91. The molecule has 2 aliphatic rings. The highest BCUT2D eigenvalue weighted by Crippen LogP contribution is 2.32. The number of carbonyl (C=O) groups excluding carboxylic acids is 1. The van der Waals surface area contributed by atoms with E-state index in [4.69, 9.17) is 9.72 Å². The van der Waals surface area contributed by atoms with Gasteiger partial charge in [0.25, 0.3) is 5.78 Å². The fraction of sp³-hybridized carbons (Fsp3) is 0.455. The van der Waals surface area contributed by atoms with E-state index in [-0.39, 0.29) is 6.03 Å². The quantitative estimate of drug-likeness (QED) is 0.700. The van der Waals surface area contributed by atoms with Crippen molar-refractivity contribution in [1.29, 1.82) is 0 Å². The molecule has 5 rings (SSSR count). The van der Waals surface area contributed by atoms with Crippen LogP contribution in [-0.4, -0.2) is 63.8 Å². The monoisotopic (exact) mass is 421 g/mol. The Morgan fingerprint density at radius 1 is 1.19 bits per heavy atom.